The number of urea groups is 1. The van der Waals surface area contributed by atoms with Gasteiger partial charge >= 0.3 is 6.03 Å². The molecule has 0 saturated heterocycles. The van der Waals surface area contributed by atoms with Crippen LogP contribution >= 0.6 is 0 Å². The molecule has 2 aromatic rings. The summed E-state index contributed by atoms with van der Waals surface area (Å²) in [7, 11) is 0. The number of rotatable bonds is 6. The largest absolute Gasteiger partial charge is 0.334 e. The van der Waals surface area contributed by atoms with Crippen molar-refractivity contribution in [1.29, 1.82) is 0 Å². The lowest BCUT2D eigenvalue weighted by Crippen LogP contribution is -2.45. The van der Waals surface area contributed by atoms with Crippen LogP contribution in [0.5, 0.6) is 0 Å². The van der Waals surface area contributed by atoms with E-state index in [4.69, 9.17) is 0 Å². The van der Waals surface area contributed by atoms with Crippen LogP contribution in [-0.4, -0.2) is 39.8 Å². The zero-order valence-corrected chi connectivity index (χ0v) is 15.3. The fourth-order valence-corrected chi connectivity index (χ4v) is 3.65. The minimum absolute atomic E-state index is 0.0834. The SMILES string of the molecule is C[C@@H](CN1CCc2ccccc2C1)NC(=O)Nc1ccnn1CC1CC1. The Kier molecular flexibility index (Phi) is 4.93. The third-order valence-electron chi connectivity index (χ3n) is 5.21. The summed E-state index contributed by atoms with van der Waals surface area (Å²) in [6, 6.07) is 10.4. The quantitative estimate of drug-likeness (QED) is 0.839. The summed E-state index contributed by atoms with van der Waals surface area (Å²) in [5.41, 5.74) is 2.85. The summed E-state index contributed by atoms with van der Waals surface area (Å²) in [5, 5.41) is 10.3. The maximum absolute atomic E-state index is 12.3. The maximum atomic E-state index is 12.3. The van der Waals surface area contributed by atoms with Gasteiger partial charge in [0.25, 0.3) is 0 Å². The molecule has 6 heteroatoms. The van der Waals surface area contributed by atoms with E-state index in [1.54, 1.807) is 6.20 Å². The van der Waals surface area contributed by atoms with Crippen LogP contribution in [0.4, 0.5) is 10.6 Å². The van der Waals surface area contributed by atoms with E-state index < -0.39 is 0 Å². The lowest BCUT2D eigenvalue weighted by Gasteiger charge is -2.31. The molecule has 0 unspecified atom stereocenters. The molecule has 1 aliphatic heterocycles. The topological polar surface area (TPSA) is 62.2 Å². The van der Waals surface area contributed by atoms with E-state index in [0.717, 1.165) is 44.3 Å². The monoisotopic (exact) mass is 353 g/mol. The molecule has 0 spiro atoms. The summed E-state index contributed by atoms with van der Waals surface area (Å²) in [4.78, 5) is 14.7. The van der Waals surface area contributed by atoms with Crippen LogP contribution in [0, 0.1) is 5.92 Å². The van der Waals surface area contributed by atoms with Gasteiger partial charge in [-0.15, -0.1) is 0 Å². The van der Waals surface area contributed by atoms with Gasteiger partial charge in [0, 0.05) is 38.3 Å². The molecule has 2 amide bonds. The fourth-order valence-electron chi connectivity index (χ4n) is 3.65. The molecule has 1 fully saturated rings. The summed E-state index contributed by atoms with van der Waals surface area (Å²) >= 11 is 0. The predicted molar refractivity (Wildman–Crippen MR) is 102 cm³/mol. The van der Waals surface area contributed by atoms with Crippen LogP contribution in [0.15, 0.2) is 36.5 Å². The number of nitrogens with zero attached hydrogens (tertiary/aromatic N) is 3. The molecule has 2 aliphatic rings. The zero-order chi connectivity index (χ0) is 17.9. The number of anilines is 1. The minimum Gasteiger partial charge on any atom is -0.334 e. The maximum Gasteiger partial charge on any atom is 0.320 e. The van der Waals surface area contributed by atoms with Crippen molar-refractivity contribution >= 4 is 11.8 Å². The van der Waals surface area contributed by atoms with Gasteiger partial charge in [-0.1, -0.05) is 24.3 Å². The van der Waals surface area contributed by atoms with Gasteiger partial charge in [-0.3, -0.25) is 10.2 Å². The van der Waals surface area contributed by atoms with Gasteiger partial charge in [-0.2, -0.15) is 5.10 Å². The predicted octanol–water partition coefficient (Wildman–Crippen LogP) is 2.86. The van der Waals surface area contributed by atoms with E-state index in [0.29, 0.717) is 0 Å². The lowest BCUT2D eigenvalue weighted by molar-refractivity contribution is 0.221. The second-order valence-corrected chi connectivity index (χ2v) is 7.60. The number of amides is 2. The highest BCUT2D eigenvalue weighted by molar-refractivity contribution is 5.88. The van der Waals surface area contributed by atoms with Crippen LogP contribution in [0.3, 0.4) is 0 Å². The average Bonchev–Trinajstić information content (AvgIpc) is 3.34. The van der Waals surface area contributed by atoms with Crippen molar-refractivity contribution in [2.24, 2.45) is 5.92 Å². The Balaban J connectivity index is 1.26. The molecular formula is C20H27N5O. The highest BCUT2D eigenvalue weighted by Gasteiger charge is 2.23. The van der Waals surface area contributed by atoms with Gasteiger partial charge in [0.2, 0.25) is 0 Å². The molecule has 0 radical (unpaired) electrons. The van der Waals surface area contributed by atoms with E-state index in [1.807, 2.05) is 10.7 Å². The van der Waals surface area contributed by atoms with Crippen LogP contribution in [0.25, 0.3) is 0 Å². The van der Waals surface area contributed by atoms with Crippen LogP contribution < -0.4 is 10.6 Å². The number of fused-ring (bicyclic) bond motifs is 1. The number of aromatic nitrogens is 2. The number of carbonyl (C=O) groups excluding carboxylic acids is 1. The highest BCUT2D eigenvalue weighted by Crippen LogP contribution is 2.31. The van der Waals surface area contributed by atoms with Crippen LogP contribution in [0.2, 0.25) is 0 Å². The Morgan fingerprint density at radius 1 is 1.27 bits per heavy atom. The Morgan fingerprint density at radius 3 is 2.88 bits per heavy atom. The second kappa shape index (κ2) is 7.50. The molecule has 1 saturated carbocycles. The van der Waals surface area contributed by atoms with Gasteiger partial charge in [-0.05, 0) is 43.2 Å². The molecule has 138 valence electrons. The van der Waals surface area contributed by atoms with E-state index in [2.05, 4.69) is 51.8 Å². The standard InChI is InChI=1S/C20H27N5O/c1-15(12-24-11-9-17-4-2-3-5-18(17)14-24)22-20(26)23-19-8-10-21-25(19)13-16-6-7-16/h2-5,8,10,15-16H,6-7,9,11-14H2,1H3,(H2,22,23,26)/t15-/m0/s1. The molecule has 4 rings (SSSR count). The summed E-state index contributed by atoms with van der Waals surface area (Å²) in [6.45, 7) is 5.80. The Morgan fingerprint density at radius 2 is 2.08 bits per heavy atom. The second-order valence-electron chi connectivity index (χ2n) is 7.60. The third kappa shape index (κ3) is 4.25. The van der Waals surface area contributed by atoms with Gasteiger partial charge in [0.05, 0.1) is 6.20 Å². The summed E-state index contributed by atoms with van der Waals surface area (Å²) < 4.78 is 1.89. The van der Waals surface area contributed by atoms with Crippen molar-refractivity contribution in [2.45, 2.75) is 45.3 Å². The molecule has 26 heavy (non-hydrogen) atoms. The minimum atomic E-state index is -0.160. The van der Waals surface area contributed by atoms with Gasteiger partial charge in [-0.25, -0.2) is 9.48 Å². The van der Waals surface area contributed by atoms with Crippen molar-refractivity contribution in [2.75, 3.05) is 18.4 Å². The first kappa shape index (κ1) is 17.1. The van der Waals surface area contributed by atoms with Gasteiger partial charge < -0.3 is 5.32 Å². The van der Waals surface area contributed by atoms with E-state index in [1.165, 1.54) is 24.0 Å². The lowest BCUT2D eigenvalue weighted by atomic mass is 10.00. The number of benzene rings is 1. The van der Waals surface area contributed by atoms with Crippen LogP contribution in [-0.2, 0) is 19.5 Å². The van der Waals surface area contributed by atoms with Crippen molar-refractivity contribution in [3.8, 4) is 0 Å². The van der Waals surface area contributed by atoms with Crippen molar-refractivity contribution in [3.05, 3.63) is 47.7 Å². The average molecular weight is 353 g/mol. The fraction of sp³-hybridized carbons (Fsp3) is 0.500. The molecule has 0 bridgehead atoms. The molecule has 2 heterocycles. The van der Waals surface area contributed by atoms with Crippen molar-refractivity contribution in [3.63, 3.8) is 0 Å². The van der Waals surface area contributed by atoms with E-state index in [-0.39, 0.29) is 12.1 Å². The third-order valence-corrected chi connectivity index (χ3v) is 5.21. The number of nitrogens with one attached hydrogen (secondary N) is 2. The molecule has 6 nitrogen and oxygen atoms in total. The molecule has 1 atom stereocenters. The van der Waals surface area contributed by atoms with Gasteiger partial charge in [0.15, 0.2) is 0 Å². The summed E-state index contributed by atoms with van der Waals surface area (Å²) in [6.07, 6.45) is 5.35. The van der Waals surface area contributed by atoms with Crippen LogP contribution in [0.1, 0.15) is 30.9 Å². The number of carbonyl (C=O) groups is 1. The van der Waals surface area contributed by atoms with Gasteiger partial charge in [0.1, 0.15) is 5.82 Å². The van der Waals surface area contributed by atoms with E-state index in [9.17, 15) is 4.79 Å². The molecule has 1 aromatic heterocycles. The molecule has 1 aliphatic carbocycles. The smallest absolute Gasteiger partial charge is 0.320 e. The van der Waals surface area contributed by atoms with Crippen molar-refractivity contribution in [1.82, 2.24) is 20.0 Å². The molecule has 1 aromatic carbocycles. The molecular weight excluding hydrogens is 326 g/mol. The highest BCUT2D eigenvalue weighted by atomic mass is 16.2. The number of hydrogen-bond acceptors (Lipinski definition) is 3. The number of hydrogen-bond donors (Lipinski definition) is 2. The zero-order valence-electron chi connectivity index (χ0n) is 15.3. The first-order valence-corrected chi connectivity index (χ1v) is 9.56. The Hall–Kier alpha value is -2.34. The normalized spacial score (nSPS) is 18.2. The first-order chi connectivity index (χ1) is 12.7. The first-order valence-electron chi connectivity index (χ1n) is 9.56. The Bertz CT molecular complexity index is 767. The Labute approximate surface area is 154 Å². The molecule has 2 N–H and O–H groups in total. The van der Waals surface area contributed by atoms with Crippen molar-refractivity contribution < 1.29 is 4.79 Å². The summed E-state index contributed by atoms with van der Waals surface area (Å²) in [5.74, 6) is 1.49. The van der Waals surface area contributed by atoms with E-state index >= 15 is 0 Å².